The van der Waals surface area contributed by atoms with Gasteiger partial charge in [0.2, 0.25) is 0 Å². The molecule has 0 amide bonds. The molecule has 1 heterocycles. The van der Waals surface area contributed by atoms with Crippen LogP contribution >= 0.6 is 0 Å². The number of carbonyl (C=O) groups is 1. The molecule has 1 aliphatic carbocycles. The molecule has 0 saturated heterocycles. The first-order chi connectivity index (χ1) is 9.43. The molecule has 3 rings (SSSR count). The minimum atomic E-state index is -0.737. The summed E-state index contributed by atoms with van der Waals surface area (Å²) in [7, 11) is 0. The maximum absolute atomic E-state index is 11.6. The zero-order chi connectivity index (χ0) is 14.4. The van der Waals surface area contributed by atoms with Crippen LogP contribution < -0.4 is 9.47 Å². The van der Waals surface area contributed by atoms with Crippen molar-refractivity contribution in [2.24, 2.45) is 5.41 Å². The minimum Gasteiger partial charge on any atom is -0.489 e. The Labute approximate surface area is 118 Å². The van der Waals surface area contributed by atoms with Gasteiger partial charge in [0.05, 0.1) is 18.6 Å². The predicted molar refractivity (Wildman–Crippen MR) is 74.4 cm³/mol. The number of fused-ring (bicyclic) bond motifs is 1. The first-order valence-corrected chi connectivity index (χ1v) is 7.07. The van der Waals surface area contributed by atoms with E-state index >= 15 is 0 Å². The zero-order valence-electron chi connectivity index (χ0n) is 11.9. The molecule has 0 bridgehead atoms. The van der Waals surface area contributed by atoms with Gasteiger partial charge >= 0.3 is 5.97 Å². The molecule has 1 aromatic carbocycles. The van der Waals surface area contributed by atoms with E-state index in [-0.39, 0.29) is 5.41 Å². The second-order valence-corrected chi connectivity index (χ2v) is 6.64. The fourth-order valence-corrected chi connectivity index (χ4v) is 2.78. The summed E-state index contributed by atoms with van der Waals surface area (Å²) < 4.78 is 11.6. The molecule has 0 radical (unpaired) electrons. The van der Waals surface area contributed by atoms with Crippen molar-refractivity contribution in [2.75, 3.05) is 13.2 Å². The van der Waals surface area contributed by atoms with Gasteiger partial charge in [0.1, 0.15) is 0 Å². The summed E-state index contributed by atoms with van der Waals surface area (Å²) in [6.07, 6.45) is 2.37. The predicted octanol–water partition coefficient (Wildman–Crippen LogP) is 2.99. The van der Waals surface area contributed by atoms with Crippen molar-refractivity contribution in [3.63, 3.8) is 0 Å². The normalized spacial score (nSPS) is 22.5. The molecule has 0 atom stereocenters. The van der Waals surface area contributed by atoms with E-state index < -0.39 is 11.4 Å². The van der Waals surface area contributed by atoms with Gasteiger partial charge in [0.25, 0.3) is 0 Å². The van der Waals surface area contributed by atoms with Crippen molar-refractivity contribution in [2.45, 2.75) is 38.5 Å². The molecular weight excluding hydrogens is 256 g/mol. The number of hydrogen-bond acceptors (Lipinski definition) is 3. The summed E-state index contributed by atoms with van der Waals surface area (Å²) in [6.45, 7) is 5.35. The lowest BCUT2D eigenvalue weighted by atomic mass is 9.64. The van der Waals surface area contributed by atoms with Crippen LogP contribution in [0.1, 0.15) is 38.7 Å². The third-order valence-electron chi connectivity index (χ3n) is 4.35. The highest BCUT2D eigenvalue weighted by Gasteiger charge is 2.46. The number of ether oxygens (including phenoxy) is 2. The van der Waals surface area contributed by atoms with Crippen LogP contribution in [0.25, 0.3) is 0 Å². The number of hydrogen-bond donors (Lipinski definition) is 1. The summed E-state index contributed by atoms with van der Waals surface area (Å²) in [5.41, 5.74) is 0.0682. The van der Waals surface area contributed by atoms with Gasteiger partial charge in [-0.3, -0.25) is 4.79 Å². The van der Waals surface area contributed by atoms with Gasteiger partial charge in [-0.25, -0.2) is 0 Å². The fraction of sp³-hybridized carbons (Fsp3) is 0.562. The Bertz CT molecular complexity index is 543. The highest BCUT2D eigenvalue weighted by atomic mass is 16.5. The Morgan fingerprint density at radius 3 is 2.35 bits per heavy atom. The lowest BCUT2D eigenvalue weighted by Gasteiger charge is -2.38. The van der Waals surface area contributed by atoms with E-state index in [9.17, 15) is 9.90 Å². The number of carboxylic acid groups (broad SMARTS) is 1. The Morgan fingerprint density at radius 1 is 1.15 bits per heavy atom. The standard InChI is InChI=1S/C16H20O4/c1-15(2)9-19-12-5-4-11(8-13(12)20-10-15)16(14(17)18)6-3-7-16/h4-5,8H,3,6-7,9-10H2,1-2H3,(H,17,18). The molecule has 4 nitrogen and oxygen atoms in total. The lowest BCUT2D eigenvalue weighted by Crippen LogP contribution is -2.42. The van der Waals surface area contributed by atoms with E-state index in [4.69, 9.17) is 9.47 Å². The van der Waals surface area contributed by atoms with Crippen LogP contribution in [0.5, 0.6) is 11.5 Å². The van der Waals surface area contributed by atoms with E-state index in [1.807, 2.05) is 18.2 Å². The molecule has 1 aliphatic heterocycles. The molecule has 0 spiro atoms. The number of rotatable bonds is 2. The SMILES string of the molecule is CC1(C)COc2ccc(C3(C(=O)O)CCC3)cc2OC1. The molecule has 1 aromatic rings. The third-order valence-corrected chi connectivity index (χ3v) is 4.35. The van der Waals surface area contributed by atoms with Gasteiger partial charge in [0.15, 0.2) is 11.5 Å². The van der Waals surface area contributed by atoms with Crippen LogP contribution in [0.3, 0.4) is 0 Å². The minimum absolute atomic E-state index is 0.0415. The van der Waals surface area contributed by atoms with Crippen LogP contribution in [-0.2, 0) is 10.2 Å². The molecular formula is C16H20O4. The Balaban J connectivity index is 1.94. The molecule has 0 aromatic heterocycles. The molecule has 4 heteroatoms. The summed E-state index contributed by atoms with van der Waals surface area (Å²) in [5.74, 6) is 0.637. The molecule has 0 unspecified atom stereocenters. The van der Waals surface area contributed by atoms with Crippen molar-refractivity contribution in [3.8, 4) is 11.5 Å². The summed E-state index contributed by atoms with van der Waals surface area (Å²) in [6, 6.07) is 5.56. The van der Waals surface area contributed by atoms with Gasteiger partial charge in [-0.2, -0.15) is 0 Å². The fourth-order valence-electron chi connectivity index (χ4n) is 2.78. The van der Waals surface area contributed by atoms with E-state index in [1.165, 1.54) is 0 Å². The first-order valence-electron chi connectivity index (χ1n) is 7.07. The van der Waals surface area contributed by atoms with E-state index in [2.05, 4.69) is 13.8 Å². The number of benzene rings is 1. The van der Waals surface area contributed by atoms with Gasteiger partial charge in [-0.1, -0.05) is 26.3 Å². The maximum atomic E-state index is 11.6. The summed E-state index contributed by atoms with van der Waals surface area (Å²) in [4.78, 5) is 11.6. The van der Waals surface area contributed by atoms with Gasteiger partial charge in [-0.05, 0) is 30.5 Å². The molecule has 2 aliphatic rings. The second-order valence-electron chi connectivity index (χ2n) is 6.64. The smallest absolute Gasteiger partial charge is 0.314 e. The van der Waals surface area contributed by atoms with E-state index in [0.29, 0.717) is 37.6 Å². The lowest BCUT2D eigenvalue weighted by molar-refractivity contribution is -0.147. The Morgan fingerprint density at radius 2 is 1.80 bits per heavy atom. The molecule has 108 valence electrons. The van der Waals surface area contributed by atoms with Crippen molar-refractivity contribution in [1.29, 1.82) is 0 Å². The Kier molecular flexibility index (Phi) is 2.92. The highest BCUT2D eigenvalue weighted by molar-refractivity contribution is 5.83. The van der Waals surface area contributed by atoms with Crippen molar-refractivity contribution < 1.29 is 19.4 Å². The topological polar surface area (TPSA) is 55.8 Å². The Hall–Kier alpha value is -1.71. The van der Waals surface area contributed by atoms with Crippen LogP contribution in [0.15, 0.2) is 18.2 Å². The van der Waals surface area contributed by atoms with Crippen molar-refractivity contribution in [3.05, 3.63) is 23.8 Å². The average Bonchev–Trinajstić information content (AvgIpc) is 2.47. The number of carboxylic acids is 1. The highest BCUT2D eigenvalue weighted by Crippen LogP contribution is 2.46. The van der Waals surface area contributed by atoms with Crippen LogP contribution in [0, 0.1) is 5.41 Å². The van der Waals surface area contributed by atoms with Crippen molar-refractivity contribution >= 4 is 5.97 Å². The number of aliphatic carboxylic acids is 1. The molecule has 1 fully saturated rings. The molecule has 1 N–H and O–H groups in total. The van der Waals surface area contributed by atoms with Crippen LogP contribution in [0.2, 0.25) is 0 Å². The van der Waals surface area contributed by atoms with Crippen LogP contribution in [0.4, 0.5) is 0 Å². The second kappa shape index (κ2) is 4.40. The average molecular weight is 276 g/mol. The van der Waals surface area contributed by atoms with E-state index in [0.717, 1.165) is 12.0 Å². The van der Waals surface area contributed by atoms with Gasteiger partial charge in [0, 0.05) is 5.41 Å². The van der Waals surface area contributed by atoms with E-state index in [1.54, 1.807) is 0 Å². The summed E-state index contributed by atoms with van der Waals surface area (Å²) in [5, 5.41) is 9.51. The largest absolute Gasteiger partial charge is 0.489 e. The molecule has 1 saturated carbocycles. The van der Waals surface area contributed by atoms with Crippen molar-refractivity contribution in [1.82, 2.24) is 0 Å². The van der Waals surface area contributed by atoms with Gasteiger partial charge in [-0.15, -0.1) is 0 Å². The maximum Gasteiger partial charge on any atom is 0.314 e. The first kappa shape index (κ1) is 13.3. The summed E-state index contributed by atoms with van der Waals surface area (Å²) >= 11 is 0. The van der Waals surface area contributed by atoms with Crippen LogP contribution in [-0.4, -0.2) is 24.3 Å². The monoisotopic (exact) mass is 276 g/mol. The van der Waals surface area contributed by atoms with Gasteiger partial charge < -0.3 is 14.6 Å². The zero-order valence-corrected chi connectivity index (χ0v) is 11.9. The molecule has 20 heavy (non-hydrogen) atoms. The third kappa shape index (κ3) is 2.03. The quantitative estimate of drug-likeness (QED) is 0.902.